The molecule has 16 heavy (non-hydrogen) atoms. The summed E-state index contributed by atoms with van der Waals surface area (Å²) in [6, 6.07) is 0. The van der Waals surface area contributed by atoms with E-state index in [1.165, 1.54) is 6.20 Å². The zero-order valence-corrected chi connectivity index (χ0v) is 10.1. The predicted octanol–water partition coefficient (Wildman–Crippen LogP) is 1.24. The number of hydrogen-bond acceptors (Lipinski definition) is 4. The van der Waals surface area contributed by atoms with E-state index in [-0.39, 0.29) is 5.84 Å². The van der Waals surface area contributed by atoms with Gasteiger partial charge in [0.2, 0.25) is 0 Å². The maximum Gasteiger partial charge on any atom is 0.146 e. The summed E-state index contributed by atoms with van der Waals surface area (Å²) in [6.07, 6.45) is 4.33. The molecule has 88 valence electrons. The van der Waals surface area contributed by atoms with Gasteiger partial charge < -0.3 is 10.6 Å². The Bertz CT molecular complexity index is 346. The van der Waals surface area contributed by atoms with Crippen molar-refractivity contribution in [1.82, 2.24) is 9.97 Å². The second kappa shape index (κ2) is 5.44. The molecular formula is C11H19N5. The van der Waals surface area contributed by atoms with Crippen LogP contribution in [0.3, 0.4) is 0 Å². The van der Waals surface area contributed by atoms with Crippen LogP contribution in [0.15, 0.2) is 12.4 Å². The van der Waals surface area contributed by atoms with Gasteiger partial charge in [0, 0.05) is 13.6 Å². The van der Waals surface area contributed by atoms with Gasteiger partial charge in [0.25, 0.3) is 0 Å². The van der Waals surface area contributed by atoms with E-state index in [1.807, 2.05) is 7.05 Å². The summed E-state index contributed by atoms with van der Waals surface area (Å²) >= 11 is 0. The summed E-state index contributed by atoms with van der Waals surface area (Å²) in [7, 11) is 1.99. The topological polar surface area (TPSA) is 78.9 Å². The van der Waals surface area contributed by atoms with Crippen molar-refractivity contribution in [1.29, 1.82) is 5.41 Å². The monoisotopic (exact) mass is 221 g/mol. The molecule has 0 aliphatic heterocycles. The highest BCUT2D eigenvalue weighted by atomic mass is 15.2. The molecule has 1 heterocycles. The SMILES string of the molecule is CCC(C)CN(C)c1cnc(C(=N)N)cn1. The molecule has 1 unspecified atom stereocenters. The highest BCUT2D eigenvalue weighted by molar-refractivity contribution is 5.92. The molecule has 0 saturated heterocycles. The number of nitrogens with one attached hydrogen (secondary N) is 1. The van der Waals surface area contributed by atoms with Gasteiger partial charge in [-0.25, -0.2) is 9.97 Å². The minimum absolute atomic E-state index is 0.0522. The fraction of sp³-hybridized carbons (Fsp3) is 0.545. The minimum atomic E-state index is -0.0522. The predicted molar refractivity (Wildman–Crippen MR) is 65.8 cm³/mol. The summed E-state index contributed by atoms with van der Waals surface area (Å²) < 4.78 is 0. The molecule has 0 aromatic carbocycles. The van der Waals surface area contributed by atoms with Crippen LogP contribution < -0.4 is 10.6 Å². The molecule has 0 bridgehead atoms. The zero-order valence-electron chi connectivity index (χ0n) is 10.1. The van der Waals surface area contributed by atoms with E-state index in [0.717, 1.165) is 18.8 Å². The smallest absolute Gasteiger partial charge is 0.146 e. The first-order valence-corrected chi connectivity index (χ1v) is 5.42. The number of nitrogens with zero attached hydrogens (tertiary/aromatic N) is 3. The van der Waals surface area contributed by atoms with E-state index in [2.05, 4.69) is 28.7 Å². The van der Waals surface area contributed by atoms with Gasteiger partial charge in [-0.2, -0.15) is 0 Å². The molecule has 1 aromatic heterocycles. The van der Waals surface area contributed by atoms with Crippen molar-refractivity contribution in [3.8, 4) is 0 Å². The molecule has 0 aliphatic rings. The lowest BCUT2D eigenvalue weighted by molar-refractivity contribution is 0.557. The Balaban J connectivity index is 2.70. The number of anilines is 1. The van der Waals surface area contributed by atoms with E-state index in [1.54, 1.807) is 6.20 Å². The number of nitrogen functional groups attached to an aromatic ring is 1. The molecular weight excluding hydrogens is 202 g/mol. The molecule has 3 N–H and O–H groups in total. The van der Waals surface area contributed by atoms with E-state index >= 15 is 0 Å². The summed E-state index contributed by atoms with van der Waals surface area (Å²) in [5.74, 6) is 1.38. The summed E-state index contributed by atoms with van der Waals surface area (Å²) in [4.78, 5) is 10.4. The second-order valence-electron chi connectivity index (χ2n) is 4.07. The van der Waals surface area contributed by atoms with Gasteiger partial charge in [-0.15, -0.1) is 0 Å². The van der Waals surface area contributed by atoms with Crippen LogP contribution in [0.4, 0.5) is 5.82 Å². The van der Waals surface area contributed by atoms with Gasteiger partial charge in [-0.1, -0.05) is 20.3 Å². The number of aromatic nitrogens is 2. The van der Waals surface area contributed by atoms with Gasteiger partial charge in [0.05, 0.1) is 12.4 Å². The Labute approximate surface area is 96.2 Å². The summed E-state index contributed by atoms with van der Waals surface area (Å²) in [6.45, 7) is 5.32. The van der Waals surface area contributed by atoms with E-state index in [4.69, 9.17) is 11.1 Å². The summed E-state index contributed by atoms with van der Waals surface area (Å²) in [5.41, 5.74) is 5.73. The highest BCUT2D eigenvalue weighted by Gasteiger charge is 2.07. The first-order chi connectivity index (χ1) is 7.54. The van der Waals surface area contributed by atoms with E-state index < -0.39 is 0 Å². The third-order valence-electron chi connectivity index (χ3n) is 2.59. The Morgan fingerprint density at radius 3 is 2.62 bits per heavy atom. The number of amidine groups is 1. The normalized spacial score (nSPS) is 12.2. The molecule has 1 aromatic rings. The van der Waals surface area contributed by atoms with Gasteiger partial charge in [0.15, 0.2) is 0 Å². The Hall–Kier alpha value is -1.65. The quantitative estimate of drug-likeness (QED) is 0.579. The third-order valence-corrected chi connectivity index (χ3v) is 2.59. The Morgan fingerprint density at radius 1 is 1.50 bits per heavy atom. The molecule has 0 saturated carbocycles. The van der Waals surface area contributed by atoms with Crippen molar-refractivity contribution >= 4 is 11.7 Å². The first-order valence-electron chi connectivity index (χ1n) is 5.42. The average molecular weight is 221 g/mol. The molecule has 1 atom stereocenters. The van der Waals surface area contributed by atoms with Gasteiger partial charge in [-0.05, 0) is 5.92 Å². The van der Waals surface area contributed by atoms with Crippen LogP contribution in [-0.2, 0) is 0 Å². The molecule has 0 amide bonds. The third kappa shape index (κ3) is 3.18. The highest BCUT2D eigenvalue weighted by Crippen LogP contribution is 2.10. The van der Waals surface area contributed by atoms with Crippen molar-refractivity contribution in [2.45, 2.75) is 20.3 Å². The van der Waals surface area contributed by atoms with Crippen molar-refractivity contribution in [3.05, 3.63) is 18.1 Å². The van der Waals surface area contributed by atoms with Crippen LogP contribution in [0.25, 0.3) is 0 Å². The lowest BCUT2D eigenvalue weighted by Crippen LogP contribution is -2.25. The van der Waals surface area contributed by atoms with Crippen LogP contribution in [0.5, 0.6) is 0 Å². The maximum absolute atomic E-state index is 7.22. The maximum atomic E-state index is 7.22. The van der Waals surface area contributed by atoms with Crippen molar-refractivity contribution in [3.63, 3.8) is 0 Å². The van der Waals surface area contributed by atoms with Crippen LogP contribution in [0.1, 0.15) is 26.0 Å². The standard InChI is InChI=1S/C11H19N5/c1-4-8(2)7-16(3)10-6-14-9(5-15-10)11(12)13/h5-6,8H,4,7H2,1-3H3,(H3,12,13). The van der Waals surface area contributed by atoms with Gasteiger partial charge in [0.1, 0.15) is 17.3 Å². The van der Waals surface area contributed by atoms with Crippen LogP contribution in [0, 0.1) is 11.3 Å². The lowest BCUT2D eigenvalue weighted by Gasteiger charge is -2.21. The Kier molecular flexibility index (Phi) is 4.22. The largest absolute Gasteiger partial charge is 0.382 e. The zero-order chi connectivity index (χ0) is 12.1. The van der Waals surface area contributed by atoms with Crippen LogP contribution in [-0.4, -0.2) is 29.4 Å². The average Bonchev–Trinajstić information content (AvgIpc) is 2.28. The summed E-state index contributed by atoms with van der Waals surface area (Å²) in [5, 5.41) is 7.22. The number of rotatable bonds is 5. The lowest BCUT2D eigenvalue weighted by atomic mass is 10.1. The van der Waals surface area contributed by atoms with Crippen molar-refractivity contribution in [2.24, 2.45) is 11.7 Å². The van der Waals surface area contributed by atoms with Gasteiger partial charge >= 0.3 is 0 Å². The first kappa shape index (κ1) is 12.4. The van der Waals surface area contributed by atoms with Crippen molar-refractivity contribution in [2.75, 3.05) is 18.5 Å². The fourth-order valence-electron chi connectivity index (χ4n) is 1.35. The number of hydrogen-bond donors (Lipinski definition) is 2. The second-order valence-corrected chi connectivity index (χ2v) is 4.07. The number of nitrogens with two attached hydrogens (primary N) is 1. The van der Waals surface area contributed by atoms with Gasteiger partial charge in [-0.3, -0.25) is 5.41 Å². The molecule has 0 aliphatic carbocycles. The molecule has 0 spiro atoms. The molecule has 5 heteroatoms. The van der Waals surface area contributed by atoms with Crippen LogP contribution >= 0.6 is 0 Å². The molecule has 0 radical (unpaired) electrons. The molecule has 1 rings (SSSR count). The van der Waals surface area contributed by atoms with Crippen LogP contribution in [0.2, 0.25) is 0 Å². The van der Waals surface area contributed by atoms with E-state index in [0.29, 0.717) is 11.6 Å². The fourth-order valence-corrected chi connectivity index (χ4v) is 1.35. The van der Waals surface area contributed by atoms with E-state index in [9.17, 15) is 0 Å². The van der Waals surface area contributed by atoms with Crippen molar-refractivity contribution < 1.29 is 0 Å². The minimum Gasteiger partial charge on any atom is -0.382 e. The molecule has 5 nitrogen and oxygen atoms in total. The Morgan fingerprint density at radius 2 is 2.19 bits per heavy atom. The molecule has 0 fully saturated rings.